The maximum atomic E-state index is 11.4. The van der Waals surface area contributed by atoms with E-state index in [-0.39, 0.29) is 12.7 Å². The molecule has 4 heteroatoms. The van der Waals surface area contributed by atoms with Gasteiger partial charge >= 0.3 is 0 Å². The van der Waals surface area contributed by atoms with E-state index in [9.17, 15) is 4.79 Å². The number of amides is 1. The van der Waals surface area contributed by atoms with Crippen molar-refractivity contribution < 1.29 is 14.3 Å². The highest BCUT2D eigenvalue weighted by atomic mass is 16.7. The molecule has 0 aromatic heterocycles. The summed E-state index contributed by atoms with van der Waals surface area (Å²) in [6.07, 6.45) is 0. The quantitative estimate of drug-likeness (QED) is 0.766. The largest absolute Gasteiger partial charge is 0.454 e. The monoisotopic (exact) mass is 193 g/mol. The van der Waals surface area contributed by atoms with Gasteiger partial charge in [-0.2, -0.15) is 0 Å². The molecule has 0 saturated heterocycles. The molecule has 0 saturated carbocycles. The number of hydrogen-bond donors (Lipinski definition) is 1. The minimum absolute atomic E-state index is 0.0919. The van der Waals surface area contributed by atoms with Crippen LogP contribution in [0.5, 0.6) is 11.5 Å². The van der Waals surface area contributed by atoms with Crippen molar-refractivity contribution in [1.82, 2.24) is 5.32 Å². The summed E-state index contributed by atoms with van der Waals surface area (Å²) >= 11 is 0. The van der Waals surface area contributed by atoms with E-state index in [2.05, 4.69) is 5.32 Å². The van der Waals surface area contributed by atoms with Gasteiger partial charge in [0.2, 0.25) is 6.79 Å². The normalized spacial score (nSPS) is 12.6. The molecule has 0 unspecified atom stereocenters. The van der Waals surface area contributed by atoms with Gasteiger partial charge in [-0.3, -0.25) is 4.79 Å². The van der Waals surface area contributed by atoms with Crippen LogP contribution in [0, 0.1) is 0 Å². The second-order valence-electron chi connectivity index (χ2n) is 2.93. The molecule has 0 bridgehead atoms. The van der Waals surface area contributed by atoms with Gasteiger partial charge in [0, 0.05) is 12.1 Å². The van der Waals surface area contributed by atoms with E-state index in [1.54, 1.807) is 18.2 Å². The summed E-state index contributed by atoms with van der Waals surface area (Å²) in [4.78, 5) is 11.4. The van der Waals surface area contributed by atoms with Crippen molar-refractivity contribution in [1.29, 1.82) is 0 Å². The highest BCUT2D eigenvalue weighted by Gasteiger charge is 2.15. The van der Waals surface area contributed by atoms with E-state index >= 15 is 0 Å². The maximum Gasteiger partial charge on any atom is 0.251 e. The molecule has 1 aliphatic rings. The van der Waals surface area contributed by atoms with Crippen molar-refractivity contribution in [2.24, 2.45) is 0 Å². The first-order chi connectivity index (χ1) is 6.81. The van der Waals surface area contributed by atoms with Gasteiger partial charge in [-0.05, 0) is 25.1 Å². The van der Waals surface area contributed by atoms with E-state index in [1.807, 2.05) is 6.92 Å². The van der Waals surface area contributed by atoms with Gasteiger partial charge in [-0.25, -0.2) is 0 Å². The summed E-state index contributed by atoms with van der Waals surface area (Å²) in [6.45, 7) is 2.73. The standard InChI is InChI=1S/C10H11NO3/c1-2-11-10(12)7-3-4-8-9(5-7)14-6-13-8/h3-5H,2,6H2,1H3,(H,11,12). The van der Waals surface area contributed by atoms with Crippen LogP contribution in [-0.2, 0) is 0 Å². The predicted octanol–water partition coefficient (Wildman–Crippen LogP) is 1.17. The van der Waals surface area contributed by atoms with Crippen LogP contribution >= 0.6 is 0 Å². The van der Waals surface area contributed by atoms with E-state index in [1.165, 1.54) is 0 Å². The molecule has 4 nitrogen and oxygen atoms in total. The number of carbonyl (C=O) groups excluding carboxylic acids is 1. The first-order valence-corrected chi connectivity index (χ1v) is 4.49. The van der Waals surface area contributed by atoms with Crippen molar-refractivity contribution in [2.45, 2.75) is 6.92 Å². The van der Waals surface area contributed by atoms with Crippen LogP contribution < -0.4 is 14.8 Å². The lowest BCUT2D eigenvalue weighted by Crippen LogP contribution is -2.22. The van der Waals surface area contributed by atoms with E-state index in [4.69, 9.17) is 9.47 Å². The Balaban J connectivity index is 2.24. The van der Waals surface area contributed by atoms with Crippen molar-refractivity contribution in [3.05, 3.63) is 23.8 Å². The lowest BCUT2D eigenvalue weighted by molar-refractivity contribution is 0.0955. The molecule has 1 N–H and O–H groups in total. The Morgan fingerprint density at radius 2 is 2.21 bits per heavy atom. The van der Waals surface area contributed by atoms with Crippen molar-refractivity contribution >= 4 is 5.91 Å². The lowest BCUT2D eigenvalue weighted by atomic mass is 10.2. The number of rotatable bonds is 2. The van der Waals surface area contributed by atoms with Gasteiger partial charge in [0.25, 0.3) is 5.91 Å². The van der Waals surface area contributed by atoms with Gasteiger partial charge in [0.05, 0.1) is 0 Å². The highest BCUT2D eigenvalue weighted by molar-refractivity contribution is 5.94. The fourth-order valence-corrected chi connectivity index (χ4v) is 1.30. The van der Waals surface area contributed by atoms with Gasteiger partial charge in [0.15, 0.2) is 11.5 Å². The topological polar surface area (TPSA) is 47.6 Å². The number of benzene rings is 1. The highest BCUT2D eigenvalue weighted by Crippen LogP contribution is 2.32. The smallest absolute Gasteiger partial charge is 0.251 e. The Bertz CT molecular complexity index is 362. The molecular formula is C10H11NO3. The summed E-state index contributed by atoms with van der Waals surface area (Å²) in [5.74, 6) is 1.23. The SMILES string of the molecule is CCNC(=O)c1ccc2c(c1)OCO2. The van der Waals surface area contributed by atoms with Gasteiger partial charge in [0.1, 0.15) is 0 Å². The van der Waals surface area contributed by atoms with Gasteiger partial charge in [-0.15, -0.1) is 0 Å². The molecule has 1 heterocycles. The summed E-state index contributed by atoms with van der Waals surface area (Å²) in [5, 5.41) is 2.72. The molecular weight excluding hydrogens is 182 g/mol. The van der Waals surface area contributed by atoms with Crippen LogP contribution in [-0.4, -0.2) is 19.2 Å². The summed E-state index contributed by atoms with van der Waals surface area (Å²) in [7, 11) is 0. The molecule has 1 aromatic carbocycles. The number of hydrogen-bond acceptors (Lipinski definition) is 3. The predicted molar refractivity (Wildman–Crippen MR) is 50.6 cm³/mol. The molecule has 0 aliphatic carbocycles. The second-order valence-corrected chi connectivity index (χ2v) is 2.93. The third kappa shape index (κ3) is 1.51. The molecule has 74 valence electrons. The molecule has 14 heavy (non-hydrogen) atoms. The van der Waals surface area contributed by atoms with Gasteiger partial charge in [-0.1, -0.05) is 0 Å². The van der Waals surface area contributed by atoms with Crippen LogP contribution in [0.2, 0.25) is 0 Å². The zero-order valence-electron chi connectivity index (χ0n) is 7.87. The Kier molecular flexibility index (Phi) is 2.26. The zero-order chi connectivity index (χ0) is 9.97. The van der Waals surface area contributed by atoms with Crippen LogP contribution in [0.3, 0.4) is 0 Å². The summed E-state index contributed by atoms with van der Waals surface area (Å²) in [6, 6.07) is 5.15. The number of fused-ring (bicyclic) bond motifs is 1. The van der Waals surface area contributed by atoms with Crippen molar-refractivity contribution in [3.63, 3.8) is 0 Å². The lowest BCUT2D eigenvalue weighted by Gasteiger charge is -2.02. The average molecular weight is 193 g/mol. The average Bonchev–Trinajstić information content (AvgIpc) is 2.64. The fraction of sp³-hybridized carbons (Fsp3) is 0.300. The van der Waals surface area contributed by atoms with E-state index in [0.29, 0.717) is 23.6 Å². The van der Waals surface area contributed by atoms with Crippen LogP contribution in [0.1, 0.15) is 17.3 Å². The first kappa shape index (κ1) is 8.87. The van der Waals surface area contributed by atoms with Crippen molar-refractivity contribution in [3.8, 4) is 11.5 Å². The Morgan fingerprint density at radius 3 is 3.00 bits per heavy atom. The number of nitrogens with one attached hydrogen (secondary N) is 1. The van der Waals surface area contributed by atoms with Crippen molar-refractivity contribution in [2.75, 3.05) is 13.3 Å². The molecule has 0 spiro atoms. The number of ether oxygens (including phenoxy) is 2. The Hall–Kier alpha value is -1.71. The molecule has 1 amide bonds. The molecule has 0 atom stereocenters. The molecule has 1 aliphatic heterocycles. The van der Waals surface area contributed by atoms with Crippen LogP contribution in [0.25, 0.3) is 0 Å². The minimum Gasteiger partial charge on any atom is -0.454 e. The molecule has 0 fully saturated rings. The minimum atomic E-state index is -0.0919. The first-order valence-electron chi connectivity index (χ1n) is 4.49. The van der Waals surface area contributed by atoms with Gasteiger partial charge < -0.3 is 14.8 Å². The summed E-state index contributed by atoms with van der Waals surface area (Å²) < 4.78 is 10.3. The van der Waals surface area contributed by atoms with E-state index < -0.39 is 0 Å². The van der Waals surface area contributed by atoms with E-state index in [0.717, 1.165) is 0 Å². The molecule has 1 aromatic rings. The van der Waals surface area contributed by atoms with Crippen LogP contribution in [0.15, 0.2) is 18.2 Å². The van der Waals surface area contributed by atoms with Crippen LogP contribution in [0.4, 0.5) is 0 Å². The Labute approximate surface area is 81.8 Å². The third-order valence-corrected chi connectivity index (χ3v) is 1.97. The second kappa shape index (κ2) is 3.57. The molecule has 0 radical (unpaired) electrons. The maximum absolute atomic E-state index is 11.4. The molecule has 2 rings (SSSR count). The zero-order valence-corrected chi connectivity index (χ0v) is 7.87. The number of carbonyl (C=O) groups is 1. The Morgan fingerprint density at radius 1 is 1.43 bits per heavy atom. The fourth-order valence-electron chi connectivity index (χ4n) is 1.30. The summed E-state index contributed by atoms with van der Waals surface area (Å²) in [5.41, 5.74) is 0.594. The third-order valence-electron chi connectivity index (χ3n) is 1.97.